The first-order valence-electron chi connectivity index (χ1n) is 8.24. The van der Waals surface area contributed by atoms with E-state index in [2.05, 4.69) is 31.2 Å². The number of rotatable bonds is 3. The molecule has 1 aliphatic rings. The highest BCUT2D eigenvalue weighted by Crippen LogP contribution is 2.32. The molecule has 120 valence electrons. The number of hydrogen-bond donors (Lipinski definition) is 1. The molecule has 1 heterocycles. The summed E-state index contributed by atoms with van der Waals surface area (Å²) in [7, 11) is 0. The number of amides is 1. The van der Waals surface area contributed by atoms with Crippen molar-refractivity contribution in [2.45, 2.75) is 38.3 Å². The summed E-state index contributed by atoms with van der Waals surface area (Å²) in [5, 5.41) is 0. The van der Waals surface area contributed by atoms with Crippen molar-refractivity contribution in [3.05, 3.63) is 71.3 Å². The molecule has 1 fully saturated rings. The monoisotopic (exact) mass is 308 g/mol. The van der Waals surface area contributed by atoms with Crippen molar-refractivity contribution in [1.82, 2.24) is 4.90 Å². The third kappa shape index (κ3) is 3.30. The average Bonchev–Trinajstić information content (AvgIpc) is 2.97. The van der Waals surface area contributed by atoms with Gasteiger partial charge in [0.15, 0.2) is 0 Å². The van der Waals surface area contributed by atoms with Crippen LogP contribution in [-0.4, -0.2) is 23.4 Å². The predicted molar refractivity (Wildman–Crippen MR) is 93.1 cm³/mol. The Hall–Kier alpha value is -2.13. The zero-order valence-electron chi connectivity index (χ0n) is 13.8. The van der Waals surface area contributed by atoms with Gasteiger partial charge in [0.25, 0.3) is 0 Å². The SMILES string of the molecule is Cc1ccc(C(N)C(=O)N2CC(c3ccccc3)CC2C)cc1. The third-order valence-corrected chi connectivity index (χ3v) is 4.83. The van der Waals surface area contributed by atoms with Gasteiger partial charge in [-0.1, -0.05) is 60.2 Å². The van der Waals surface area contributed by atoms with E-state index in [1.807, 2.05) is 42.2 Å². The molecule has 0 radical (unpaired) electrons. The molecule has 0 bridgehead atoms. The van der Waals surface area contributed by atoms with Crippen molar-refractivity contribution in [3.8, 4) is 0 Å². The molecule has 2 aromatic carbocycles. The molecule has 3 unspecified atom stereocenters. The van der Waals surface area contributed by atoms with Crippen LogP contribution in [0.25, 0.3) is 0 Å². The van der Waals surface area contributed by atoms with Gasteiger partial charge in [-0.25, -0.2) is 0 Å². The minimum Gasteiger partial charge on any atom is -0.338 e. The summed E-state index contributed by atoms with van der Waals surface area (Å²) in [5.74, 6) is 0.431. The smallest absolute Gasteiger partial charge is 0.244 e. The van der Waals surface area contributed by atoms with Crippen LogP contribution in [0.3, 0.4) is 0 Å². The van der Waals surface area contributed by atoms with E-state index in [1.54, 1.807) is 0 Å². The first-order chi connectivity index (χ1) is 11.1. The first kappa shape index (κ1) is 15.8. The number of hydrogen-bond acceptors (Lipinski definition) is 2. The molecule has 0 aromatic heterocycles. The Bertz CT molecular complexity index is 666. The Morgan fingerprint density at radius 2 is 1.78 bits per heavy atom. The molecule has 3 nitrogen and oxygen atoms in total. The van der Waals surface area contributed by atoms with Crippen molar-refractivity contribution in [3.63, 3.8) is 0 Å². The molecule has 3 atom stereocenters. The highest BCUT2D eigenvalue weighted by molar-refractivity contribution is 5.83. The van der Waals surface area contributed by atoms with Gasteiger partial charge in [-0.05, 0) is 31.4 Å². The zero-order valence-corrected chi connectivity index (χ0v) is 13.8. The summed E-state index contributed by atoms with van der Waals surface area (Å²) in [6.45, 7) is 4.90. The molecular formula is C20H24N2O. The Balaban J connectivity index is 1.73. The van der Waals surface area contributed by atoms with Crippen molar-refractivity contribution in [2.24, 2.45) is 5.73 Å². The van der Waals surface area contributed by atoms with Crippen LogP contribution < -0.4 is 5.73 Å². The summed E-state index contributed by atoms with van der Waals surface area (Å²) in [6.07, 6.45) is 0.996. The van der Waals surface area contributed by atoms with E-state index in [0.717, 1.165) is 18.5 Å². The van der Waals surface area contributed by atoms with Crippen molar-refractivity contribution >= 4 is 5.91 Å². The summed E-state index contributed by atoms with van der Waals surface area (Å²) in [6, 6.07) is 18.0. The normalized spacial score (nSPS) is 22.1. The van der Waals surface area contributed by atoms with E-state index in [1.165, 1.54) is 11.1 Å². The molecule has 0 spiro atoms. The lowest BCUT2D eigenvalue weighted by Crippen LogP contribution is -2.40. The molecule has 2 N–H and O–H groups in total. The average molecular weight is 308 g/mol. The van der Waals surface area contributed by atoms with Crippen LogP contribution in [0.15, 0.2) is 54.6 Å². The zero-order chi connectivity index (χ0) is 16.4. The van der Waals surface area contributed by atoms with Gasteiger partial charge >= 0.3 is 0 Å². The van der Waals surface area contributed by atoms with Crippen LogP contribution in [0.4, 0.5) is 0 Å². The van der Waals surface area contributed by atoms with Gasteiger partial charge in [-0.2, -0.15) is 0 Å². The molecule has 23 heavy (non-hydrogen) atoms. The lowest BCUT2D eigenvalue weighted by Gasteiger charge is -2.25. The van der Waals surface area contributed by atoms with Crippen LogP contribution in [0, 0.1) is 6.92 Å². The van der Waals surface area contributed by atoms with Crippen molar-refractivity contribution < 1.29 is 4.79 Å². The minimum absolute atomic E-state index is 0.0276. The van der Waals surface area contributed by atoms with E-state index in [0.29, 0.717) is 5.92 Å². The number of likely N-dealkylation sites (tertiary alicyclic amines) is 1. The van der Waals surface area contributed by atoms with Gasteiger partial charge in [0, 0.05) is 18.5 Å². The summed E-state index contributed by atoms with van der Waals surface area (Å²) < 4.78 is 0. The van der Waals surface area contributed by atoms with Crippen molar-refractivity contribution in [2.75, 3.05) is 6.54 Å². The maximum Gasteiger partial charge on any atom is 0.244 e. The number of carbonyl (C=O) groups is 1. The topological polar surface area (TPSA) is 46.3 Å². The molecule has 3 heteroatoms. The molecule has 0 aliphatic carbocycles. The molecule has 1 aliphatic heterocycles. The summed E-state index contributed by atoms with van der Waals surface area (Å²) in [5.41, 5.74) is 9.59. The van der Waals surface area contributed by atoms with Crippen LogP contribution in [-0.2, 0) is 4.79 Å². The van der Waals surface area contributed by atoms with Crippen LogP contribution in [0.2, 0.25) is 0 Å². The van der Waals surface area contributed by atoms with Crippen LogP contribution in [0.1, 0.15) is 42.0 Å². The maximum atomic E-state index is 12.8. The highest BCUT2D eigenvalue weighted by atomic mass is 16.2. The fraction of sp³-hybridized carbons (Fsp3) is 0.350. The Morgan fingerprint density at radius 1 is 1.13 bits per heavy atom. The fourth-order valence-electron chi connectivity index (χ4n) is 3.40. The second-order valence-corrected chi connectivity index (χ2v) is 6.57. The van der Waals surface area contributed by atoms with E-state index in [9.17, 15) is 4.79 Å². The highest BCUT2D eigenvalue weighted by Gasteiger charge is 2.35. The first-order valence-corrected chi connectivity index (χ1v) is 8.24. The van der Waals surface area contributed by atoms with Gasteiger partial charge in [0.2, 0.25) is 5.91 Å². The van der Waals surface area contributed by atoms with Gasteiger partial charge in [0.1, 0.15) is 6.04 Å². The molecule has 1 amide bonds. The summed E-state index contributed by atoms with van der Waals surface area (Å²) >= 11 is 0. The number of carbonyl (C=O) groups excluding carboxylic acids is 1. The van der Waals surface area contributed by atoms with Gasteiger partial charge in [-0.15, -0.1) is 0 Å². The second-order valence-electron chi connectivity index (χ2n) is 6.57. The Labute approximate surface area is 138 Å². The van der Waals surface area contributed by atoms with Gasteiger partial charge < -0.3 is 10.6 Å². The molecule has 1 saturated heterocycles. The quantitative estimate of drug-likeness (QED) is 0.944. The maximum absolute atomic E-state index is 12.8. The predicted octanol–water partition coefficient (Wildman–Crippen LogP) is 3.40. The molecule has 3 rings (SSSR count). The van der Waals surface area contributed by atoms with E-state index in [-0.39, 0.29) is 11.9 Å². The Kier molecular flexibility index (Phi) is 4.49. The van der Waals surface area contributed by atoms with Crippen LogP contribution >= 0.6 is 0 Å². The van der Waals surface area contributed by atoms with E-state index < -0.39 is 6.04 Å². The van der Waals surface area contributed by atoms with E-state index in [4.69, 9.17) is 5.73 Å². The largest absolute Gasteiger partial charge is 0.338 e. The van der Waals surface area contributed by atoms with Crippen molar-refractivity contribution in [1.29, 1.82) is 0 Å². The van der Waals surface area contributed by atoms with Crippen LogP contribution in [0.5, 0.6) is 0 Å². The third-order valence-electron chi connectivity index (χ3n) is 4.83. The second kappa shape index (κ2) is 6.55. The fourth-order valence-corrected chi connectivity index (χ4v) is 3.40. The van der Waals surface area contributed by atoms with Gasteiger partial charge in [-0.3, -0.25) is 4.79 Å². The summed E-state index contributed by atoms with van der Waals surface area (Å²) in [4.78, 5) is 14.8. The number of nitrogens with zero attached hydrogens (tertiary/aromatic N) is 1. The number of benzene rings is 2. The lowest BCUT2D eigenvalue weighted by molar-refractivity contribution is -0.133. The standard InChI is InChI=1S/C20H24N2O/c1-14-8-10-17(11-9-14)19(21)20(23)22-13-18(12-15(22)2)16-6-4-3-5-7-16/h3-11,15,18-19H,12-13,21H2,1-2H3. The molecular weight excluding hydrogens is 284 g/mol. The molecule has 0 saturated carbocycles. The molecule has 2 aromatic rings. The lowest BCUT2D eigenvalue weighted by atomic mass is 9.97. The number of aryl methyl sites for hydroxylation is 1. The Morgan fingerprint density at radius 3 is 2.43 bits per heavy atom. The van der Waals surface area contributed by atoms with Gasteiger partial charge in [0.05, 0.1) is 0 Å². The minimum atomic E-state index is -0.576. The number of nitrogens with two attached hydrogens (primary N) is 1. The van der Waals surface area contributed by atoms with E-state index >= 15 is 0 Å².